The smallest absolute Gasteiger partial charge is 1.00 e. The predicted octanol–water partition coefficient (Wildman–Crippen LogP) is -0.438. The Kier molecular flexibility index (Phi) is 9.32. The fourth-order valence-electron chi connectivity index (χ4n) is 3.10. The minimum absolute atomic E-state index is 0. The Morgan fingerprint density at radius 3 is 2.58 bits per heavy atom. The van der Waals surface area contributed by atoms with E-state index in [1.54, 1.807) is 12.1 Å². The zero-order valence-corrected chi connectivity index (χ0v) is 19.8. The van der Waals surface area contributed by atoms with Crippen molar-refractivity contribution >= 4 is 78.7 Å². The molecule has 33 heavy (non-hydrogen) atoms. The van der Waals surface area contributed by atoms with Gasteiger partial charge >= 0.3 is 49.7 Å². The molecule has 0 spiro atoms. The number of carbonyl (C=O) groups excluding carboxylic acids is 1. The summed E-state index contributed by atoms with van der Waals surface area (Å²) in [5.74, 6) is -2.64. The summed E-state index contributed by atoms with van der Waals surface area (Å²) in [7, 11) is 0. The molecule has 1 aliphatic rings. The fraction of sp³-hybridized carbons (Fsp3) is 0.316. The molecule has 13 nitrogen and oxygen atoms in total. The van der Waals surface area contributed by atoms with Crippen LogP contribution in [-0.4, -0.2) is 101 Å². The van der Waals surface area contributed by atoms with Crippen LogP contribution in [0.1, 0.15) is 26.1 Å². The molecule has 2 aromatic rings. The number of aromatic nitrogens is 2. The first-order valence-corrected chi connectivity index (χ1v) is 9.72. The molecule has 0 saturated heterocycles. The number of hydrogen-bond acceptors (Lipinski definition) is 9. The molecule has 1 amide bonds. The summed E-state index contributed by atoms with van der Waals surface area (Å²) in [5, 5.41) is 29.5. The molecular formula is C19H25CaN7O6. The Morgan fingerprint density at radius 2 is 1.94 bits per heavy atom. The third-order valence-electron chi connectivity index (χ3n) is 4.75. The third kappa shape index (κ3) is 7.23. The van der Waals surface area contributed by atoms with E-state index in [1.807, 2.05) is 0 Å². The van der Waals surface area contributed by atoms with Gasteiger partial charge < -0.3 is 40.1 Å². The first kappa shape index (κ1) is 26.2. The van der Waals surface area contributed by atoms with Crippen molar-refractivity contribution in [2.45, 2.75) is 24.9 Å². The number of hydrogen-bond donors (Lipinski definition) is 8. The fourth-order valence-corrected chi connectivity index (χ4v) is 3.10. The van der Waals surface area contributed by atoms with Gasteiger partial charge in [0, 0.05) is 30.8 Å². The van der Waals surface area contributed by atoms with Crippen molar-refractivity contribution in [1.82, 2.24) is 15.3 Å². The molecule has 0 radical (unpaired) electrons. The zero-order valence-electron chi connectivity index (χ0n) is 19.6. The number of nitrogens with zero attached hydrogens (tertiary/aromatic N) is 1. The van der Waals surface area contributed by atoms with Crippen molar-refractivity contribution in [2.75, 3.05) is 34.8 Å². The second kappa shape index (κ2) is 11.7. The molecule has 3 rings (SSSR count). The molecule has 14 heteroatoms. The van der Waals surface area contributed by atoms with E-state index < -0.39 is 23.9 Å². The molecule has 2 atom stereocenters. The number of aromatic amines is 1. The van der Waals surface area contributed by atoms with Crippen LogP contribution in [0.4, 0.5) is 23.1 Å². The van der Waals surface area contributed by atoms with E-state index >= 15 is 0 Å². The molecule has 1 aromatic carbocycles. The molecule has 1 unspecified atom stereocenters. The summed E-state index contributed by atoms with van der Waals surface area (Å²) < 4.78 is 0. The normalized spacial score (nSPS) is 15.0. The number of amides is 1. The number of H-pyrrole nitrogens is 1. The number of benzene rings is 1. The zero-order chi connectivity index (χ0) is 23.3. The standard InChI is InChI=1S/C19H23N7O6.Ca.2H/c20-19-25-15-14(17(30)26-19)23-11(8-22-15)7-21-10-3-1-9(2-4-10)16(29)24-12(18(31)32)5-6-13(27)28;;;/h1-4,11-12,21,23H,5-8H2,(H,24,29)(H,27,28)(H,31,32)(H4,20,22,25,26,30);;;/q;+2;2*-1/t11-,12?;;;/m0.../s1. The van der Waals surface area contributed by atoms with E-state index in [0.29, 0.717) is 30.3 Å². The van der Waals surface area contributed by atoms with Gasteiger partial charge in [-0.05, 0) is 30.7 Å². The van der Waals surface area contributed by atoms with Crippen molar-refractivity contribution in [3.05, 3.63) is 40.2 Å². The molecule has 0 fully saturated rings. The van der Waals surface area contributed by atoms with Crippen molar-refractivity contribution in [3.63, 3.8) is 0 Å². The molecule has 174 valence electrons. The van der Waals surface area contributed by atoms with Crippen molar-refractivity contribution in [2.24, 2.45) is 0 Å². The van der Waals surface area contributed by atoms with Crippen LogP contribution < -0.4 is 32.6 Å². The Labute approximate surface area is 220 Å². The van der Waals surface area contributed by atoms with Gasteiger partial charge in [0.1, 0.15) is 11.7 Å². The third-order valence-corrected chi connectivity index (χ3v) is 4.75. The van der Waals surface area contributed by atoms with Crippen molar-refractivity contribution in [1.29, 1.82) is 0 Å². The van der Waals surface area contributed by atoms with Crippen LogP contribution in [0.3, 0.4) is 0 Å². The van der Waals surface area contributed by atoms with Gasteiger partial charge in [-0.25, -0.2) is 4.79 Å². The van der Waals surface area contributed by atoms with E-state index in [2.05, 4.69) is 31.2 Å². The summed E-state index contributed by atoms with van der Waals surface area (Å²) in [6.07, 6.45) is -0.587. The molecule has 0 saturated carbocycles. The van der Waals surface area contributed by atoms with Crippen LogP contribution in [0.5, 0.6) is 0 Å². The first-order chi connectivity index (χ1) is 15.2. The number of aliphatic carboxylic acids is 2. The number of carbonyl (C=O) groups is 3. The van der Waals surface area contributed by atoms with Gasteiger partial charge in [0.05, 0.1) is 6.04 Å². The van der Waals surface area contributed by atoms with E-state index in [1.165, 1.54) is 12.1 Å². The van der Waals surface area contributed by atoms with Crippen LogP contribution in [0.25, 0.3) is 0 Å². The van der Waals surface area contributed by atoms with Crippen LogP contribution in [-0.2, 0) is 9.59 Å². The van der Waals surface area contributed by atoms with Gasteiger partial charge in [0.25, 0.3) is 11.5 Å². The number of anilines is 4. The van der Waals surface area contributed by atoms with Crippen molar-refractivity contribution in [3.8, 4) is 0 Å². The SMILES string of the molecule is Nc1nc2c(c(=O)[nH]1)N[C@@H](CNc1ccc(C(=O)NC(CCC(=O)O)C(=O)O)cc1)CN2.[Ca+2].[H-].[H-]. The summed E-state index contributed by atoms with van der Waals surface area (Å²) in [6.45, 7) is 0.960. The van der Waals surface area contributed by atoms with Gasteiger partial charge in [-0.2, -0.15) is 4.98 Å². The van der Waals surface area contributed by atoms with E-state index in [0.717, 1.165) is 0 Å². The number of rotatable bonds is 9. The largest absolute Gasteiger partial charge is 2.00 e. The molecule has 1 aromatic heterocycles. The predicted molar refractivity (Wildman–Crippen MR) is 124 cm³/mol. The van der Waals surface area contributed by atoms with E-state index in [4.69, 9.17) is 15.9 Å². The minimum atomic E-state index is -1.30. The molecular weight excluding hydrogens is 462 g/mol. The second-order valence-corrected chi connectivity index (χ2v) is 7.15. The molecule has 0 aliphatic carbocycles. The van der Waals surface area contributed by atoms with E-state index in [-0.39, 0.29) is 76.5 Å². The maximum atomic E-state index is 12.3. The number of fused-ring (bicyclic) bond motifs is 1. The number of nitrogen functional groups attached to an aromatic ring is 1. The number of carboxylic acids is 2. The van der Waals surface area contributed by atoms with Gasteiger partial charge in [-0.1, -0.05) is 0 Å². The number of nitrogens with one attached hydrogen (secondary N) is 5. The monoisotopic (exact) mass is 487 g/mol. The Hall–Kier alpha value is -3.03. The maximum absolute atomic E-state index is 12.3. The molecule has 1 aliphatic heterocycles. The summed E-state index contributed by atoms with van der Waals surface area (Å²) in [6, 6.07) is 4.93. The number of carboxylic acid groups (broad SMARTS) is 2. The summed E-state index contributed by atoms with van der Waals surface area (Å²) in [5.41, 5.74) is 6.40. The van der Waals surface area contributed by atoms with Crippen LogP contribution >= 0.6 is 0 Å². The maximum Gasteiger partial charge on any atom is 2.00 e. The average Bonchev–Trinajstić information content (AvgIpc) is 2.75. The van der Waals surface area contributed by atoms with E-state index in [9.17, 15) is 19.2 Å². The summed E-state index contributed by atoms with van der Waals surface area (Å²) in [4.78, 5) is 52.6. The van der Waals surface area contributed by atoms with Crippen molar-refractivity contribution < 1.29 is 27.4 Å². The molecule has 9 N–H and O–H groups in total. The second-order valence-electron chi connectivity index (χ2n) is 7.15. The summed E-state index contributed by atoms with van der Waals surface area (Å²) >= 11 is 0. The van der Waals surface area contributed by atoms with Crippen LogP contribution in [0, 0.1) is 0 Å². The topological polar surface area (TPSA) is 212 Å². The number of nitrogens with two attached hydrogens (primary N) is 1. The molecule has 2 heterocycles. The van der Waals surface area contributed by atoms with Gasteiger partial charge in [0.2, 0.25) is 5.95 Å². The minimum Gasteiger partial charge on any atom is -1.00 e. The van der Waals surface area contributed by atoms with Gasteiger partial charge in [-0.15, -0.1) is 0 Å². The Morgan fingerprint density at radius 1 is 1.24 bits per heavy atom. The average molecular weight is 488 g/mol. The quantitative estimate of drug-likeness (QED) is 0.212. The Bertz CT molecular complexity index is 1090. The Balaban J connectivity index is 0.00000385. The molecule has 0 bridgehead atoms. The van der Waals surface area contributed by atoms with Gasteiger partial charge in [0.15, 0.2) is 5.82 Å². The first-order valence-electron chi connectivity index (χ1n) is 9.72. The van der Waals surface area contributed by atoms with Crippen LogP contribution in [0.2, 0.25) is 0 Å². The van der Waals surface area contributed by atoms with Gasteiger partial charge in [-0.3, -0.25) is 19.4 Å². The van der Waals surface area contributed by atoms with Crippen LogP contribution in [0.15, 0.2) is 29.1 Å².